The highest BCUT2D eigenvalue weighted by atomic mass is 32.2. The number of anilines is 2. The number of sulfonamides is 1. The minimum absolute atomic E-state index is 0.0951. The summed E-state index contributed by atoms with van der Waals surface area (Å²) in [5.41, 5.74) is 1.34. The number of hydrogen-bond acceptors (Lipinski definition) is 10. The molecule has 0 aliphatic carbocycles. The quantitative estimate of drug-likeness (QED) is 0.235. The first-order valence-corrected chi connectivity index (χ1v) is 14.7. The van der Waals surface area contributed by atoms with E-state index in [-0.39, 0.29) is 36.8 Å². The zero-order valence-corrected chi connectivity index (χ0v) is 22.2. The van der Waals surface area contributed by atoms with E-state index in [1.54, 1.807) is 24.2 Å². The van der Waals surface area contributed by atoms with E-state index >= 15 is 0 Å². The Labute approximate surface area is 211 Å². The molecule has 0 saturated carbocycles. The Bertz CT molecular complexity index is 1280. The van der Waals surface area contributed by atoms with Gasteiger partial charge in [0.2, 0.25) is 10.0 Å². The van der Waals surface area contributed by atoms with Crippen LogP contribution in [-0.2, 0) is 24.3 Å². The Hall–Kier alpha value is -2.81. The van der Waals surface area contributed by atoms with Crippen LogP contribution in [0.1, 0.15) is 18.9 Å². The highest BCUT2D eigenvalue weighted by molar-refractivity contribution is 7.89. The van der Waals surface area contributed by atoms with Crippen molar-refractivity contribution in [2.45, 2.75) is 25.2 Å². The Morgan fingerprint density at radius 1 is 1.08 bits per heavy atom. The number of aryl methyl sites for hydroxylation is 1. The van der Waals surface area contributed by atoms with Crippen molar-refractivity contribution >= 4 is 37.2 Å². The number of non-ortho nitro benzene ring substituents is 1. The molecule has 1 aromatic heterocycles. The van der Waals surface area contributed by atoms with Crippen molar-refractivity contribution in [2.24, 2.45) is 0 Å². The molecule has 0 atom stereocenters. The van der Waals surface area contributed by atoms with Gasteiger partial charge < -0.3 is 9.80 Å². The molecule has 0 bridgehead atoms. The maximum absolute atomic E-state index is 13.8. The Kier molecular flexibility index (Phi) is 8.87. The second-order valence-corrected chi connectivity index (χ2v) is 12.0. The molecule has 12 nitrogen and oxygen atoms in total. The van der Waals surface area contributed by atoms with Crippen LogP contribution < -0.4 is 9.80 Å². The highest BCUT2D eigenvalue weighted by Crippen LogP contribution is 2.36. The van der Waals surface area contributed by atoms with Crippen LogP contribution in [0.2, 0.25) is 0 Å². The van der Waals surface area contributed by atoms with E-state index in [9.17, 15) is 26.9 Å². The Balaban J connectivity index is 1.96. The van der Waals surface area contributed by atoms with Gasteiger partial charge in [0.05, 0.1) is 23.5 Å². The lowest BCUT2D eigenvalue weighted by molar-refractivity contribution is -0.385. The van der Waals surface area contributed by atoms with E-state index in [2.05, 4.69) is 9.88 Å². The zero-order chi connectivity index (χ0) is 26.5. The minimum Gasteiger partial charge on any atom is -0.369 e. The summed E-state index contributed by atoms with van der Waals surface area (Å²) in [6, 6.07) is 6.13. The standard InChI is InChI=1S/C22H31N5O7S2/c1-4-9-25(14-15-34-35(3,30)31)22-18(2)16-20(27(28)29)17-21(22)36(32,33)26-12-10-24(11-13-26)19-5-7-23-8-6-19/h5-8,16-17H,4,9-15H2,1-3H3. The fourth-order valence-electron chi connectivity index (χ4n) is 4.22. The van der Waals surface area contributed by atoms with E-state index in [1.165, 1.54) is 10.4 Å². The van der Waals surface area contributed by atoms with Crippen LogP contribution in [0.5, 0.6) is 0 Å². The number of rotatable bonds is 11. The molecule has 14 heteroatoms. The SMILES string of the molecule is CCCN(CCOS(C)(=O)=O)c1c(C)cc([N+](=O)[O-])cc1S(=O)(=O)N1CCN(c2ccncc2)CC1. The summed E-state index contributed by atoms with van der Waals surface area (Å²) in [6.45, 7) is 5.15. The molecular formula is C22H31N5O7S2. The summed E-state index contributed by atoms with van der Waals surface area (Å²) in [5, 5.41) is 11.6. The first-order chi connectivity index (χ1) is 16.9. The molecule has 1 fully saturated rings. The number of nitrogens with zero attached hydrogens (tertiary/aromatic N) is 5. The van der Waals surface area contributed by atoms with Crippen LogP contribution in [-0.4, -0.2) is 83.2 Å². The molecule has 0 spiro atoms. The average Bonchev–Trinajstić information content (AvgIpc) is 2.83. The van der Waals surface area contributed by atoms with Crippen LogP contribution in [0.25, 0.3) is 0 Å². The van der Waals surface area contributed by atoms with Crippen LogP contribution in [0.4, 0.5) is 17.1 Å². The maximum atomic E-state index is 13.8. The molecule has 0 unspecified atom stereocenters. The second-order valence-electron chi connectivity index (χ2n) is 8.48. The van der Waals surface area contributed by atoms with Gasteiger partial charge in [0.15, 0.2) is 0 Å². The zero-order valence-electron chi connectivity index (χ0n) is 20.5. The van der Waals surface area contributed by atoms with Gasteiger partial charge in [-0.3, -0.25) is 19.3 Å². The molecule has 198 valence electrons. The topological polar surface area (TPSA) is 143 Å². The summed E-state index contributed by atoms with van der Waals surface area (Å²) < 4.78 is 56.8. The smallest absolute Gasteiger partial charge is 0.271 e. The number of pyridine rings is 1. The first-order valence-electron chi connectivity index (χ1n) is 11.5. The van der Waals surface area contributed by atoms with Gasteiger partial charge in [0.1, 0.15) is 4.90 Å². The molecule has 0 N–H and O–H groups in total. The minimum atomic E-state index is -4.10. The van der Waals surface area contributed by atoms with E-state index in [0.717, 1.165) is 18.0 Å². The normalized spacial score (nSPS) is 15.1. The van der Waals surface area contributed by atoms with Gasteiger partial charge in [-0.25, -0.2) is 8.42 Å². The number of hydrogen-bond donors (Lipinski definition) is 0. The number of aromatic nitrogens is 1. The maximum Gasteiger partial charge on any atom is 0.271 e. The van der Waals surface area contributed by atoms with Crippen molar-refractivity contribution in [3.05, 3.63) is 52.3 Å². The van der Waals surface area contributed by atoms with Crippen LogP contribution in [0, 0.1) is 17.0 Å². The third-order valence-corrected chi connectivity index (χ3v) is 8.32. The number of nitro benzene ring substituents is 1. The van der Waals surface area contributed by atoms with Gasteiger partial charge in [-0.2, -0.15) is 12.7 Å². The van der Waals surface area contributed by atoms with Gasteiger partial charge in [-0.15, -0.1) is 0 Å². The monoisotopic (exact) mass is 541 g/mol. The van der Waals surface area contributed by atoms with E-state index in [0.29, 0.717) is 37.3 Å². The van der Waals surface area contributed by atoms with Crippen molar-refractivity contribution < 1.29 is 25.9 Å². The number of nitro groups is 1. The summed E-state index contributed by atoms with van der Waals surface area (Å²) in [7, 11) is -7.78. The van der Waals surface area contributed by atoms with Crippen LogP contribution in [0.15, 0.2) is 41.6 Å². The lowest BCUT2D eigenvalue weighted by atomic mass is 10.1. The average molecular weight is 542 g/mol. The molecular weight excluding hydrogens is 510 g/mol. The van der Waals surface area contributed by atoms with Crippen molar-refractivity contribution in [1.82, 2.24) is 9.29 Å². The van der Waals surface area contributed by atoms with E-state index in [1.807, 2.05) is 19.1 Å². The predicted molar refractivity (Wildman–Crippen MR) is 136 cm³/mol. The third kappa shape index (κ3) is 6.69. The van der Waals surface area contributed by atoms with Gasteiger partial charge in [0, 0.05) is 69.5 Å². The fraction of sp³-hybridized carbons (Fsp3) is 0.500. The molecule has 1 aromatic carbocycles. The summed E-state index contributed by atoms with van der Waals surface area (Å²) in [6.07, 6.45) is 4.92. The molecule has 0 amide bonds. The molecule has 1 aliphatic heterocycles. The molecule has 1 saturated heterocycles. The van der Waals surface area contributed by atoms with Gasteiger partial charge in [-0.1, -0.05) is 6.92 Å². The van der Waals surface area contributed by atoms with Crippen molar-refractivity contribution in [3.63, 3.8) is 0 Å². The van der Waals surface area contributed by atoms with Crippen molar-refractivity contribution in [3.8, 4) is 0 Å². The van der Waals surface area contributed by atoms with E-state index < -0.39 is 25.1 Å². The van der Waals surface area contributed by atoms with Gasteiger partial charge in [-0.05, 0) is 31.0 Å². The molecule has 36 heavy (non-hydrogen) atoms. The highest BCUT2D eigenvalue weighted by Gasteiger charge is 2.34. The summed E-state index contributed by atoms with van der Waals surface area (Å²) >= 11 is 0. The molecule has 0 radical (unpaired) electrons. The lowest BCUT2D eigenvalue weighted by Gasteiger charge is -2.36. The van der Waals surface area contributed by atoms with Crippen molar-refractivity contribution in [1.29, 1.82) is 0 Å². The molecule has 1 aliphatic rings. The van der Waals surface area contributed by atoms with Crippen LogP contribution in [0.3, 0.4) is 0 Å². The van der Waals surface area contributed by atoms with Gasteiger partial charge >= 0.3 is 0 Å². The molecule has 3 rings (SSSR count). The van der Waals surface area contributed by atoms with E-state index in [4.69, 9.17) is 4.18 Å². The molecule has 2 aromatic rings. The Morgan fingerprint density at radius 3 is 2.28 bits per heavy atom. The third-order valence-electron chi connectivity index (χ3n) is 5.81. The lowest BCUT2D eigenvalue weighted by Crippen LogP contribution is -2.49. The number of benzene rings is 1. The first kappa shape index (κ1) is 27.8. The second kappa shape index (κ2) is 11.5. The fourth-order valence-corrected chi connectivity index (χ4v) is 6.32. The van der Waals surface area contributed by atoms with Crippen molar-refractivity contribution in [2.75, 3.05) is 61.9 Å². The summed E-state index contributed by atoms with van der Waals surface area (Å²) in [4.78, 5) is 18.6. The summed E-state index contributed by atoms with van der Waals surface area (Å²) in [5.74, 6) is 0. The number of piperazine rings is 1. The van der Waals surface area contributed by atoms with Crippen LogP contribution >= 0.6 is 0 Å². The largest absolute Gasteiger partial charge is 0.369 e. The predicted octanol–water partition coefficient (Wildman–Crippen LogP) is 2.00. The van der Waals surface area contributed by atoms with Gasteiger partial charge in [0.25, 0.3) is 15.8 Å². The Morgan fingerprint density at radius 2 is 1.72 bits per heavy atom. The molecule has 2 heterocycles.